The zero-order valence-corrected chi connectivity index (χ0v) is 13.1. The summed E-state index contributed by atoms with van der Waals surface area (Å²) in [5.41, 5.74) is 7.91. The van der Waals surface area contributed by atoms with E-state index in [1.54, 1.807) is 0 Å². The summed E-state index contributed by atoms with van der Waals surface area (Å²) in [6.45, 7) is 1.68. The lowest BCUT2D eigenvalue weighted by atomic mass is 9.87. The Morgan fingerprint density at radius 3 is 2.77 bits per heavy atom. The number of carbonyl (C=O) groups is 1. The molecule has 0 spiro atoms. The number of amides is 1. The van der Waals surface area contributed by atoms with Gasteiger partial charge in [0.25, 0.3) is 5.91 Å². The van der Waals surface area contributed by atoms with E-state index in [4.69, 9.17) is 5.73 Å². The number of nitrogens with one attached hydrogen (secondary N) is 1. The molecular formula is C17H26N4O. The molecule has 5 heteroatoms. The monoisotopic (exact) mass is 302 g/mol. The van der Waals surface area contributed by atoms with Gasteiger partial charge in [0.15, 0.2) is 0 Å². The summed E-state index contributed by atoms with van der Waals surface area (Å²) in [5, 5.41) is 7.42. The molecule has 0 radical (unpaired) electrons. The molecule has 3 fully saturated rings. The van der Waals surface area contributed by atoms with Gasteiger partial charge in [-0.25, -0.2) is 0 Å². The second-order valence-corrected chi connectivity index (χ2v) is 7.42. The number of fused-ring (bicyclic) bond motifs is 1. The zero-order valence-electron chi connectivity index (χ0n) is 13.1. The standard InChI is InChI=1S/C17H26N4O/c18-14-7-6-12-9-21(10-13(12)14)17(22)16-8-15(19-20-16)11-4-2-1-3-5-11/h8,11-14H,1-7,9-10,18H2,(H,19,20). The number of H-pyrrole nitrogens is 1. The van der Waals surface area contributed by atoms with Crippen LogP contribution in [0, 0.1) is 11.8 Å². The Morgan fingerprint density at radius 2 is 2.00 bits per heavy atom. The van der Waals surface area contributed by atoms with Gasteiger partial charge in [-0.2, -0.15) is 5.10 Å². The molecule has 2 saturated carbocycles. The van der Waals surface area contributed by atoms with E-state index in [9.17, 15) is 4.79 Å². The first-order valence-electron chi connectivity index (χ1n) is 8.82. The van der Waals surface area contributed by atoms with Crippen molar-refractivity contribution in [1.29, 1.82) is 0 Å². The van der Waals surface area contributed by atoms with Crippen molar-refractivity contribution < 1.29 is 4.79 Å². The number of nitrogens with two attached hydrogens (primary N) is 1. The molecule has 120 valence electrons. The number of likely N-dealkylation sites (tertiary alicyclic amines) is 1. The molecule has 0 bridgehead atoms. The lowest BCUT2D eigenvalue weighted by Gasteiger charge is -2.19. The fourth-order valence-electron chi connectivity index (χ4n) is 4.70. The summed E-state index contributed by atoms with van der Waals surface area (Å²) in [6.07, 6.45) is 8.65. The van der Waals surface area contributed by atoms with E-state index >= 15 is 0 Å². The van der Waals surface area contributed by atoms with Crippen LogP contribution in [-0.2, 0) is 0 Å². The summed E-state index contributed by atoms with van der Waals surface area (Å²) in [7, 11) is 0. The van der Waals surface area contributed by atoms with Gasteiger partial charge in [-0.15, -0.1) is 0 Å². The SMILES string of the molecule is NC1CCC2CN(C(=O)c3cc(C4CCCCC4)[nH]n3)CC12. The lowest BCUT2D eigenvalue weighted by molar-refractivity contribution is 0.0773. The van der Waals surface area contributed by atoms with Gasteiger partial charge in [-0.1, -0.05) is 19.3 Å². The van der Waals surface area contributed by atoms with E-state index in [1.165, 1.54) is 38.5 Å². The predicted molar refractivity (Wildman–Crippen MR) is 84.5 cm³/mol. The molecular weight excluding hydrogens is 276 g/mol. The Kier molecular flexibility index (Phi) is 3.68. The predicted octanol–water partition coefficient (Wildman–Crippen LogP) is 2.27. The molecule has 5 nitrogen and oxygen atoms in total. The molecule has 1 amide bonds. The minimum atomic E-state index is 0.0832. The molecule has 1 saturated heterocycles. The molecule has 4 rings (SSSR count). The van der Waals surface area contributed by atoms with Gasteiger partial charge in [-0.3, -0.25) is 9.89 Å². The van der Waals surface area contributed by atoms with Gasteiger partial charge in [0.1, 0.15) is 5.69 Å². The van der Waals surface area contributed by atoms with Crippen LogP contribution in [0.25, 0.3) is 0 Å². The van der Waals surface area contributed by atoms with Crippen LogP contribution in [0.2, 0.25) is 0 Å². The first-order valence-corrected chi connectivity index (χ1v) is 8.82. The summed E-state index contributed by atoms with van der Waals surface area (Å²) < 4.78 is 0. The topological polar surface area (TPSA) is 75.0 Å². The fourth-order valence-corrected chi connectivity index (χ4v) is 4.70. The van der Waals surface area contributed by atoms with E-state index in [0.29, 0.717) is 23.4 Å². The highest BCUT2D eigenvalue weighted by Gasteiger charge is 2.43. The molecule has 3 aliphatic rings. The molecule has 3 unspecified atom stereocenters. The zero-order chi connectivity index (χ0) is 15.1. The van der Waals surface area contributed by atoms with Crippen LogP contribution in [-0.4, -0.2) is 40.1 Å². The van der Waals surface area contributed by atoms with E-state index in [0.717, 1.165) is 25.2 Å². The molecule has 3 atom stereocenters. The molecule has 1 aliphatic heterocycles. The average Bonchev–Trinajstić information content (AvgIpc) is 3.25. The number of hydrogen-bond donors (Lipinski definition) is 2. The second-order valence-electron chi connectivity index (χ2n) is 7.42. The van der Waals surface area contributed by atoms with Gasteiger partial charge in [0.05, 0.1) is 0 Å². The third-order valence-electron chi connectivity index (χ3n) is 6.06. The maximum atomic E-state index is 12.7. The fraction of sp³-hybridized carbons (Fsp3) is 0.765. The second kappa shape index (κ2) is 5.69. The van der Waals surface area contributed by atoms with E-state index in [1.807, 2.05) is 11.0 Å². The van der Waals surface area contributed by atoms with Gasteiger partial charge in [0.2, 0.25) is 0 Å². The van der Waals surface area contributed by atoms with Crippen LogP contribution in [0.15, 0.2) is 6.07 Å². The van der Waals surface area contributed by atoms with Gasteiger partial charge < -0.3 is 10.6 Å². The number of aromatic amines is 1. The molecule has 1 aromatic rings. The third-order valence-corrected chi connectivity index (χ3v) is 6.06. The first-order chi connectivity index (χ1) is 10.7. The van der Waals surface area contributed by atoms with Crippen LogP contribution in [0.5, 0.6) is 0 Å². The van der Waals surface area contributed by atoms with Crippen molar-refractivity contribution >= 4 is 5.91 Å². The molecule has 22 heavy (non-hydrogen) atoms. The highest BCUT2D eigenvalue weighted by Crippen LogP contribution is 2.38. The van der Waals surface area contributed by atoms with Crippen molar-refractivity contribution in [3.8, 4) is 0 Å². The average molecular weight is 302 g/mol. The van der Waals surface area contributed by atoms with Gasteiger partial charge >= 0.3 is 0 Å². The summed E-state index contributed by atoms with van der Waals surface area (Å²) in [4.78, 5) is 14.7. The van der Waals surface area contributed by atoms with Gasteiger partial charge in [0, 0.05) is 30.7 Å². The van der Waals surface area contributed by atoms with Crippen LogP contribution >= 0.6 is 0 Å². The Morgan fingerprint density at radius 1 is 1.18 bits per heavy atom. The number of nitrogens with zero attached hydrogens (tertiary/aromatic N) is 2. The smallest absolute Gasteiger partial charge is 0.274 e. The molecule has 3 N–H and O–H groups in total. The number of carbonyl (C=O) groups excluding carboxylic acids is 1. The summed E-state index contributed by atoms with van der Waals surface area (Å²) >= 11 is 0. The number of hydrogen-bond acceptors (Lipinski definition) is 3. The van der Waals surface area contributed by atoms with Gasteiger partial charge in [-0.05, 0) is 43.6 Å². The minimum Gasteiger partial charge on any atom is -0.337 e. The summed E-state index contributed by atoms with van der Waals surface area (Å²) in [5.74, 6) is 1.76. The molecule has 2 heterocycles. The first kappa shape index (κ1) is 14.2. The van der Waals surface area contributed by atoms with E-state index < -0.39 is 0 Å². The van der Waals surface area contributed by atoms with Crippen molar-refractivity contribution in [2.45, 2.75) is 56.9 Å². The number of rotatable bonds is 2. The van der Waals surface area contributed by atoms with Crippen molar-refractivity contribution in [2.75, 3.05) is 13.1 Å². The Balaban J connectivity index is 1.44. The normalized spacial score (nSPS) is 32.4. The molecule has 1 aromatic heterocycles. The van der Waals surface area contributed by atoms with Crippen LogP contribution in [0.3, 0.4) is 0 Å². The van der Waals surface area contributed by atoms with Crippen molar-refractivity contribution in [2.24, 2.45) is 17.6 Å². The molecule has 2 aliphatic carbocycles. The molecule has 0 aromatic carbocycles. The Bertz CT molecular complexity index is 549. The third kappa shape index (κ3) is 2.45. The minimum absolute atomic E-state index is 0.0832. The van der Waals surface area contributed by atoms with Crippen LogP contribution < -0.4 is 5.73 Å². The van der Waals surface area contributed by atoms with Crippen molar-refractivity contribution in [1.82, 2.24) is 15.1 Å². The van der Waals surface area contributed by atoms with Crippen molar-refractivity contribution in [3.05, 3.63) is 17.5 Å². The highest BCUT2D eigenvalue weighted by atomic mass is 16.2. The largest absolute Gasteiger partial charge is 0.337 e. The van der Waals surface area contributed by atoms with E-state index in [2.05, 4.69) is 10.2 Å². The summed E-state index contributed by atoms with van der Waals surface area (Å²) in [6, 6.07) is 2.27. The maximum absolute atomic E-state index is 12.7. The van der Waals surface area contributed by atoms with E-state index in [-0.39, 0.29) is 11.9 Å². The Hall–Kier alpha value is -1.36. The van der Waals surface area contributed by atoms with Crippen molar-refractivity contribution in [3.63, 3.8) is 0 Å². The highest BCUT2D eigenvalue weighted by molar-refractivity contribution is 5.92. The van der Waals surface area contributed by atoms with Crippen LogP contribution in [0.4, 0.5) is 0 Å². The maximum Gasteiger partial charge on any atom is 0.274 e. The van der Waals surface area contributed by atoms with Crippen LogP contribution in [0.1, 0.15) is 67.0 Å². The Labute approximate surface area is 131 Å². The number of aromatic nitrogens is 2. The quantitative estimate of drug-likeness (QED) is 0.880. The lowest BCUT2D eigenvalue weighted by Crippen LogP contribution is -2.33.